The highest BCUT2D eigenvalue weighted by Crippen LogP contribution is 2.28. The summed E-state index contributed by atoms with van der Waals surface area (Å²) in [5.74, 6) is -1.60. The minimum absolute atomic E-state index is 0.0302. The molecule has 0 aliphatic heterocycles. The molecule has 2 amide bonds. The summed E-state index contributed by atoms with van der Waals surface area (Å²) in [6.07, 6.45) is 5.00. The van der Waals surface area contributed by atoms with Crippen molar-refractivity contribution in [3.8, 4) is 0 Å². The van der Waals surface area contributed by atoms with Crippen molar-refractivity contribution in [3.63, 3.8) is 0 Å². The third-order valence-electron chi connectivity index (χ3n) is 7.12. The van der Waals surface area contributed by atoms with Crippen molar-refractivity contribution in [2.24, 2.45) is 0 Å². The molecule has 3 aromatic carbocycles. The fourth-order valence-electron chi connectivity index (χ4n) is 4.82. The van der Waals surface area contributed by atoms with E-state index in [-0.39, 0.29) is 34.1 Å². The lowest BCUT2D eigenvalue weighted by Crippen LogP contribution is -2.53. The van der Waals surface area contributed by atoms with Crippen LogP contribution < -0.4 is 9.62 Å². The molecule has 0 saturated heterocycles. The first-order chi connectivity index (χ1) is 19.2. The van der Waals surface area contributed by atoms with Crippen LogP contribution in [0.4, 0.5) is 10.1 Å². The normalized spacial score (nSPS) is 14.8. The standard InChI is InChI=1S/C30H33ClFN3O4S/c1-22(30(37)33-24-13-7-3-8-14-24)34(20-23-11-5-2-6-12-23)29(36)21-35(25-17-18-28(32)27(31)19-25)40(38,39)26-15-9-4-10-16-26/h2,4-6,9-12,15-19,22,24H,3,7-8,13-14,20-21H2,1H3,(H,33,37)/t22-/m0/s1. The number of carbonyl (C=O) groups is 2. The molecule has 1 atom stereocenters. The number of nitrogens with one attached hydrogen (secondary N) is 1. The van der Waals surface area contributed by atoms with Gasteiger partial charge in [0.2, 0.25) is 11.8 Å². The summed E-state index contributed by atoms with van der Waals surface area (Å²) in [7, 11) is -4.25. The van der Waals surface area contributed by atoms with Gasteiger partial charge < -0.3 is 10.2 Å². The van der Waals surface area contributed by atoms with Crippen LogP contribution in [-0.2, 0) is 26.2 Å². The summed E-state index contributed by atoms with van der Waals surface area (Å²) in [5.41, 5.74) is 0.818. The van der Waals surface area contributed by atoms with E-state index in [0.29, 0.717) is 0 Å². The zero-order valence-electron chi connectivity index (χ0n) is 22.3. The number of benzene rings is 3. The van der Waals surface area contributed by atoms with Crippen molar-refractivity contribution in [2.75, 3.05) is 10.8 Å². The van der Waals surface area contributed by atoms with Crippen LogP contribution in [-0.4, -0.2) is 43.8 Å². The summed E-state index contributed by atoms with van der Waals surface area (Å²) < 4.78 is 42.4. The van der Waals surface area contributed by atoms with Gasteiger partial charge in [-0.1, -0.05) is 79.4 Å². The zero-order valence-corrected chi connectivity index (χ0v) is 23.9. The Morgan fingerprint density at radius 2 is 1.60 bits per heavy atom. The van der Waals surface area contributed by atoms with Crippen LogP contribution in [0.2, 0.25) is 5.02 Å². The van der Waals surface area contributed by atoms with Crippen LogP contribution in [0.25, 0.3) is 0 Å². The Labute approximate surface area is 240 Å². The molecule has 7 nitrogen and oxygen atoms in total. The Morgan fingerprint density at radius 1 is 0.975 bits per heavy atom. The molecular weight excluding hydrogens is 553 g/mol. The van der Waals surface area contributed by atoms with Gasteiger partial charge in [0.25, 0.3) is 10.0 Å². The van der Waals surface area contributed by atoms with E-state index < -0.39 is 34.3 Å². The van der Waals surface area contributed by atoms with Crippen molar-refractivity contribution in [2.45, 2.75) is 62.6 Å². The van der Waals surface area contributed by atoms with E-state index >= 15 is 0 Å². The Morgan fingerprint density at radius 3 is 2.23 bits per heavy atom. The van der Waals surface area contributed by atoms with Gasteiger partial charge in [-0.25, -0.2) is 12.8 Å². The minimum Gasteiger partial charge on any atom is -0.352 e. The maximum atomic E-state index is 14.0. The lowest BCUT2D eigenvalue weighted by Gasteiger charge is -2.33. The molecule has 0 bridgehead atoms. The Kier molecular flexibility index (Phi) is 9.81. The largest absolute Gasteiger partial charge is 0.352 e. The van der Waals surface area contributed by atoms with Crippen LogP contribution in [0.3, 0.4) is 0 Å². The highest BCUT2D eigenvalue weighted by Gasteiger charge is 2.33. The third kappa shape index (κ3) is 7.20. The van der Waals surface area contributed by atoms with Crippen molar-refractivity contribution in [3.05, 3.63) is 95.3 Å². The monoisotopic (exact) mass is 585 g/mol. The number of halogens is 2. The van der Waals surface area contributed by atoms with Crippen molar-refractivity contribution in [1.29, 1.82) is 0 Å². The molecule has 0 radical (unpaired) electrons. The van der Waals surface area contributed by atoms with Gasteiger partial charge in [0.15, 0.2) is 0 Å². The molecule has 10 heteroatoms. The quantitative estimate of drug-likeness (QED) is 0.338. The van der Waals surface area contributed by atoms with E-state index in [1.54, 1.807) is 25.1 Å². The summed E-state index contributed by atoms with van der Waals surface area (Å²) in [4.78, 5) is 28.6. The van der Waals surface area contributed by atoms with Crippen molar-refractivity contribution >= 4 is 39.1 Å². The number of carbonyl (C=O) groups excluding carboxylic acids is 2. The van der Waals surface area contributed by atoms with E-state index in [2.05, 4.69) is 5.32 Å². The molecule has 0 unspecified atom stereocenters. The predicted molar refractivity (Wildman–Crippen MR) is 154 cm³/mol. The van der Waals surface area contributed by atoms with Gasteiger partial charge in [-0.2, -0.15) is 0 Å². The Balaban J connectivity index is 1.67. The van der Waals surface area contributed by atoms with Crippen molar-refractivity contribution < 1.29 is 22.4 Å². The van der Waals surface area contributed by atoms with E-state index in [1.807, 2.05) is 30.3 Å². The van der Waals surface area contributed by atoms with Gasteiger partial charge in [-0.05, 0) is 55.7 Å². The van der Waals surface area contributed by atoms with E-state index in [0.717, 1.165) is 48.0 Å². The summed E-state index contributed by atoms with van der Waals surface area (Å²) in [5, 5.41) is 2.79. The number of rotatable bonds is 10. The molecule has 3 aromatic rings. The summed E-state index contributed by atoms with van der Waals surface area (Å²) in [6.45, 7) is 1.12. The second kappa shape index (κ2) is 13.3. The molecule has 1 aliphatic rings. The lowest BCUT2D eigenvalue weighted by atomic mass is 9.95. The molecule has 40 heavy (non-hydrogen) atoms. The van der Waals surface area contributed by atoms with Crippen molar-refractivity contribution in [1.82, 2.24) is 10.2 Å². The highest BCUT2D eigenvalue weighted by molar-refractivity contribution is 7.92. The van der Waals surface area contributed by atoms with Gasteiger partial charge in [0.1, 0.15) is 18.4 Å². The number of sulfonamides is 1. The van der Waals surface area contributed by atoms with Crippen LogP contribution in [0.1, 0.15) is 44.6 Å². The molecule has 0 spiro atoms. The summed E-state index contributed by atoms with van der Waals surface area (Å²) in [6, 6.07) is 19.5. The smallest absolute Gasteiger partial charge is 0.264 e. The first-order valence-corrected chi connectivity index (χ1v) is 15.1. The number of nitrogens with zero attached hydrogens (tertiary/aromatic N) is 2. The number of anilines is 1. The Hall–Kier alpha value is -3.43. The third-order valence-corrected chi connectivity index (χ3v) is 9.19. The van der Waals surface area contributed by atoms with Gasteiger partial charge in [-0.3, -0.25) is 13.9 Å². The second-order valence-electron chi connectivity index (χ2n) is 9.95. The maximum absolute atomic E-state index is 14.0. The lowest BCUT2D eigenvalue weighted by molar-refractivity contribution is -0.139. The van der Waals surface area contributed by atoms with Crippen LogP contribution in [0.5, 0.6) is 0 Å². The van der Waals surface area contributed by atoms with Crippen LogP contribution in [0, 0.1) is 5.82 Å². The van der Waals surface area contributed by atoms with Gasteiger partial charge >= 0.3 is 0 Å². The molecule has 1 fully saturated rings. The zero-order chi connectivity index (χ0) is 28.7. The SMILES string of the molecule is C[C@@H](C(=O)NC1CCCCC1)N(Cc1ccccc1)C(=O)CN(c1ccc(F)c(Cl)c1)S(=O)(=O)c1ccccc1. The van der Waals surface area contributed by atoms with Crippen LogP contribution >= 0.6 is 11.6 Å². The molecule has 0 aromatic heterocycles. The molecule has 1 aliphatic carbocycles. The van der Waals surface area contributed by atoms with E-state index in [4.69, 9.17) is 11.6 Å². The topological polar surface area (TPSA) is 86.8 Å². The molecule has 1 N–H and O–H groups in total. The first-order valence-electron chi connectivity index (χ1n) is 13.3. The second-order valence-corrected chi connectivity index (χ2v) is 12.2. The fraction of sp³-hybridized carbons (Fsp3) is 0.333. The number of hydrogen-bond donors (Lipinski definition) is 1. The molecule has 212 valence electrons. The predicted octanol–water partition coefficient (Wildman–Crippen LogP) is 5.54. The average molecular weight is 586 g/mol. The minimum atomic E-state index is -4.25. The molecule has 0 heterocycles. The van der Waals surface area contributed by atoms with E-state index in [9.17, 15) is 22.4 Å². The van der Waals surface area contributed by atoms with Gasteiger partial charge in [0, 0.05) is 12.6 Å². The fourth-order valence-corrected chi connectivity index (χ4v) is 6.42. The highest BCUT2D eigenvalue weighted by atomic mass is 35.5. The first kappa shape index (κ1) is 29.6. The summed E-state index contributed by atoms with van der Waals surface area (Å²) >= 11 is 6.00. The van der Waals surface area contributed by atoms with Gasteiger partial charge in [0.05, 0.1) is 15.6 Å². The molecular formula is C30H33ClFN3O4S. The van der Waals surface area contributed by atoms with E-state index in [1.165, 1.54) is 29.2 Å². The Bertz CT molecular complexity index is 1420. The van der Waals surface area contributed by atoms with Gasteiger partial charge in [-0.15, -0.1) is 0 Å². The molecule has 4 rings (SSSR count). The molecule has 1 saturated carbocycles. The van der Waals surface area contributed by atoms with Crippen LogP contribution in [0.15, 0.2) is 83.8 Å². The number of amides is 2. The average Bonchev–Trinajstić information content (AvgIpc) is 2.97. The number of hydrogen-bond acceptors (Lipinski definition) is 4. The maximum Gasteiger partial charge on any atom is 0.264 e.